The molecule has 0 fully saturated rings. The highest BCUT2D eigenvalue weighted by molar-refractivity contribution is 7.25. The first kappa shape index (κ1) is 13.2. The zero-order valence-electron chi connectivity index (χ0n) is 9.91. The van der Waals surface area contributed by atoms with Gasteiger partial charge in [0.15, 0.2) is 15.7 Å². The molecule has 20 heavy (non-hydrogen) atoms. The van der Waals surface area contributed by atoms with Crippen LogP contribution in [0.5, 0.6) is 0 Å². The highest BCUT2D eigenvalue weighted by Gasteiger charge is 2.20. The fraction of sp³-hybridized carbons (Fsp3) is 0. The van der Waals surface area contributed by atoms with E-state index in [0.29, 0.717) is 19.2 Å². The van der Waals surface area contributed by atoms with Crippen LogP contribution in [-0.4, -0.2) is 21.0 Å². The molecule has 1 aromatic carbocycles. The van der Waals surface area contributed by atoms with Gasteiger partial charge in [-0.2, -0.15) is 0 Å². The van der Waals surface area contributed by atoms with Crippen LogP contribution in [-0.2, 0) is 0 Å². The molecule has 3 aromatic rings. The molecule has 0 bridgehead atoms. The number of carboxylic acids is 1. The lowest BCUT2D eigenvalue weighted by atomic mass is 10.1. The van der Waals surface area contributed by atoms with Crippen LogP contribution in [0.25, 0.3) is 20.5 Å². The molecular weight excluding hydrogens is 316 g/mol. The van der Waals surface area contributed by atoms with Crippen LogP contribution in [0.15, 0.2) is 36.5 Å². The van der Waals surface area contributed by atoms with E-state index >= 15 is 0 Å². The topological polar surface area (TPSA) is 63.1 Å². The number of carboxylic acid groups (broad SMARTS) is 1. The number of carbonyl (C=O) groups is 1. The van der Waals surface area contributed by atoms with Crippen LogP contribution >= 0.6 is 34.3 Å². The summed E-state index contributed by atoms with van der Waals surface area (Å²) in [5, 5.41) is 10.5. The molecule has 0 aliphatic heterocycles. The molecule has 0 unspecified atom stereocenters. The fourth-order valence-corrected chi connectivity index (χ4v) is 3.70. The van der Waals surface area contributed by atoms with Crippen molar-refractivity contribution in [2.45, 2.75) is 0 Å². The predicted octanol–water partition coefficient (Wildman–Crippen LogP) is 4.29. The van der Waals surface area contributed by atoms with E-state index in [4.69, 9.17) is 11.6 Å². The summed E-state index contributed by atoms with van der Waals surface area (Å²) in [4.78, 5) is 20.3. The smallest absolute Gasteiger partial charge is 0.356 e. The molecule has 0 saturated heterocycles. The molecule has 2 aromatic heterocycles. The molecule has 0 amide bonds. The predicted molar refractivity (Wildman–Crippen MR) is 80.6 cm³/mol. The van der Waals surface area contributed by atoms with Gasteiger partial charge in [0.1, 0.15) is 4.34 Å². The summed E-state index contributed by atoms with van der Waals surface area (Å²) in [7, 11) is 0. The van der Waals surface area contributed by atoms with E-state index in [1.54, 1.807) is 0 Å². The summed E-state index contributed by atoms with van der Waals surface area (Å²) in [5.74, 6) is -1.05. The van der Waals surface area contributed by atoms with Crippen LogP contribution in [0.1, 0.15) is 10.5 Å². The summed E-state index contributed by atoms with van der Waals surface area (Å²) in [6.07, 6.45) is 1.53. The van der Waals surface area contributed by atoms with Crippen LogP contribution in [0.3, 0.4) is 0 Å². The molecule has 3 rings (SSSR count). The Labute approximate surface area is 127 Å². The quantitative estimate of drug-likeness (QED) is 0.781. The zero-order valence-corrected chi connectivity index (χ0v) is 12.3. The molecule has 0 radical (unpaired) electrons. The number of halogens is 1. The Morgan fingerprint density at radius 1 is 1.15 bits per heavy atom. The minimum absolute atomic E-state index is 0.0440. The first-order chi connectivity index (χ1) is 9.65. The molecule has 7 heteroatoms. The molecule has 4 nitrogen and oxygen atoms in total. The largest absolute Gasteiger partial charge is 0.476 e. The van der Waals surface area contributed by atoms with Crippen molar-refractivity contribution in [3.63, 3.8) is 0 Å². The number of hydrogen-bond donors (Lipinski definition) is 1. The van der Waals surface area contributed by atoms with Gasteiger partial charge in [0, 0.05) is 0 Å². The third-order valence-corrected chi connectivity index (χ3v) is 4.89. The Bertz CT molecular complexity index is 768. The van der Waals surface area contributed by atoms with Crippen LogP contribution in [0.4, 0.5) is 0 Å². The zero-order chi connectivity index (χ0) is 14.1. The van der Waals surface area contributed by atoms with Gasteiger partial charge in [-0.25, -0.2) is 14.8 Å². The lowest BCUT2D eigenvalue weighted by Gasteiger charge is -1.97. The molecule has 0 atom stereocenters. The number of benzene rings is 1. The van der Waals surface area contributed by atoms with Gasteiger partial charge in [-0.3, -0.25) is 0 Å². The number of aromatic carboxylic acids is 1. The van der Waals surface area contributed by atoms with Crippen molar-refractivity contribution >= 4 is 40.2 Å². The molecule has 1 N–H and O–H groups in total. The molecule has 0 aliphatic carbocycles. The second-order valence-electron chi connectivity index (χ2n) is 3.84. The molecule has 100 valence electrons. The highest BCUT2D eigenvalue weighted by atomic mass is 35.5. The van der Waals surface area contributed by atoms with Crippen molar-refractivity contribution < 1.29 is 9.90 Å². The van der Waals surface area contributed by atoms with Gasteiger partial charge < -0.3 is 5.11 Å². The monoisotopic (exact) mass is 322 g/mol. The van der Waals surface area contributed by atoms with Gasteiger partial charge in [0.05, 0.1) is 11.1 Å². The van der Waals surface area contributed by atoms with E-state index in [1.807, 2.05) is 30.3 Å². The number of thiazole rings is 2. The summed E-state index contributed by atoms with van der Waals surface area (Å²) in [5.41, 5.74) is 0.874. The van der Waals surface area contributed by atoms with Crippen LogP contribution in [0, 0.1) is 0 Å². The van der Waals surface area contributed by atoms with Gasteiger partial charge >= 0.3 is 5.97 Å². The summed E-state index contributed by atoms with van der Waals surface area (Å²) < 4.78 is 0.549. The van der Waals surface area contributed by atoms with Crippen molar-refractivity contribution in [1.29, 1.82) is 0 Å². The molecule has 0 saturated carbocycles. The van der Waals surface area contributed by atoms with Gasteiger partial charge in [-0.05, 0) is 5.56 Å². The Balaban J connectivity index is 2.15. The van der Waals surface area contributed by atoms with E-state index in [2.05, 4.69) is 9.97 Å². The van der Waals surface area contributed by atoms with E-state index in [1.165, 1.54) is 28.9 Å². The van der Waals surface area contributed by atoms with Gasteiger partial charge in [0.25, 0.3) is 0 Å². The van der Waals surface area contributed by atoms with E-state index in [9.17, 15) is 9.90 Å². The molecule has 0 spiro atoms. The summed E-state index contributed by atoms with van der Waals surface area (Å²) in [6, 6.07) is 9.32. The number of aromatic nitrogens is 2. The molecule has 0 aliphatic rings. The third kappa shape index (κ3) is 2.45. The lowest BCUT2D eigenvalue weighted by molar-refractivity contribution is 0.0692. The first-order valence-electron chi connectivity index (χ1n) is 5.56. The SMILES string of the molecule is O=C(O)c1nc(-c2ncc(Cl)s2)sc1-c1ccccc1. The Hall–Kier alpha value is -1.76. The van der Waals surface area contributed by atoms with Crippen LogP contribution < -0.4 is 0 Å². The maximum Gasteiger partial charge on any atom is 0.356 e. The molecule has 2 heterocycles. The fourth-order valence-electron chi connectivity index (χ4n) is 1.70. The first-order valence-corrected chi connectivity index (χ1v) is 7.57. The molecular formula is C13H7ClN2O2S2. The summed E-state index contributed by atoms with van der Waals surface area (Å²) in [6.45, 7) is 0. The maximum atomic E-state index is 11.3. The second-order valence-corrected chi connectivity index (χ2v) is 6.50. The van der Waals surface area contributed by atoms with Gasteiger partial charge in [-0.15, -0.1) is 11.3 Å². The van der Waals surface area contributed by atoms with E-state index in [-0.39, 0.29) is 5.69 Å². The average molecular weight is 323 g/mol. The van der Waals surface area contributed by atoms with E-state index < -0.39 is 5.97 Å². The van der Waals surface area contributed by atoms with Crippen molar-refractivity contribution in [1.82, 2.24) is 9.97 Å². The minimum atomic E-state index is -1.05. The number of nitrogens with zero attached hydrogens (tertiary/aromatic N) is 2. The Kier molecular flexibility index (Phi) is 3.52. The van der Waals surface area contributed by atoms with Crippen molar-refractivity contribution in [2.24, 2.45) is 0 Å². The third-order valence-electron chi connectivity index (χ3n) is 2.53. The Morgan fingerprint density at radius 2 is 1.90 bits per heavy atom. The highest BCUT2D eigenvalue weighted by Crippen LogP contribution is 2.37. The van der Waals surface area contributed by atoms with Gasteiger partial charge in [0.2, 0.25) is 0 Å². The second kappa shape index (κ2) is 5.32. The van der Waals surface area contributed by atoms with Crippen molar-refractivity contribution in [2.75, 3.05) is 0 Å². The van der Waals surface area contributed by atoms with Crippen molar-refractivity contribution in [3.05, 3.63) is 46.6 Å². The standard InChI is InChI=1S/C13H7ClN2O2S2/c14-8-6-15-11(19-8)12-16-9(13(17)18)10(20-12)7-4-2-1-3-5-7/h1-6H,(H,17,18). The van der Waals surface area contributed by atoms with Crippen LogP contribution in [0.2, 0.25) is 4.34 Å². The van der Waals surface area contributed by atoms with Crippen molar-refractivity contribution in [3.8, 4) is 20.5 Å². The van der Waals surface area contributed by atoms with E-state index in [0.717, 1.165) is 5.56 Å². The van der Waals surface area contributed by atoms with Gasteiger partial charge in [-0.1, -0.05) is 53.3 Å². The normalized spacial score (nSPS) is 10.7. The Morgan fingerprint density at radius 3 is 2.50 bits per heavy atom. The lowest BCUT2D eigenvalue weighted by Crippen LogP contribution is -1.98. The maximum absolute atomic E-state index is 11.3. The average Bonchev–Trinajstić information content (AvgIpc) is 3.05. The summed E-state index contributed by atoms with van der Waals surface area (Å²) >= 11 is 8.44. The number of rotatable bonds is 3. The minimum Gasteiger partial charge on any atom is -0.476 e. The number of hydrogen-bond acceptors (Lipinski definition) is 5.